The van der Waals surface area contributed by atoms with Crippen LogP contribution in [0.15, 0.2) is 24.3 Å². The summed E-state index contributed by atoms with van der Waals surface area (Å²) in [6.07, 6.45) is 2.58. The molecule has 19 heavy (non-hydrogen) atoms. The van der Waals surface area contributed by atoms with Crippen LogP contribution in [0.2, 0.25) is 0 Å². The highest BCUT2D eigenvalue weighted by Crippen LogP contribution is 2.23. The molecule has 2 atom stereocenters. The molecule has 0 aliphatic carbocycles. The zero-order valence-corrected chi connectivity index (χ0v) is 11.9. The summed E-state index contributed by atoms with van der Waals surface area (Å²) in [6, 6.07) is 8.68. The molecule has 0 saturated carbocycles. The summed E-state index contributed by atoms with van der Waals surface area (Å²) >= 11 is 0. The van der Waals surface area contributed by atoms with E-state index in [0.717, 1.165) is 24.9 Å². The number of amides is 1. The minimum Gasteiger partial charge on any atom is -0.339 e. The molecule has 0 radical (unpaired) electrons. The summed E-state index contributed by atoms with van der Waals surface area (Å²) in [6.45, 7) is 5.76. The predicted octanol–water partition coefficient (Wildman–Crippen LogP) is 1.99. The van der Waals surface area contributed by atoms with Crippen LogP contribution >= 0.6 is 0 Å². The van der Waals surface area contributed by atoms with E-state index in [1.54, 1.807) is 0 Å². The number of likely N-dealkylation sites (tertiary alicyclic amines) is 1. The monoisotopic (exact) mass is 260 g/mol. The Labute approximate surface area is 115 Å². The number of benzene rings is 1. The van der Waals surface area contributed by atoms with Crippen LogP contribution in [0, 0.1) is 5.92 Å². The number of nitrogens with two attached hydrogens (primary N) is 1. The average Bonchev–Trinajstić information content (AvgIpc) is 2.81. The summed E-state index contributed by atoms with van der Waals surface area (Å²) in [7, 11) is 0. The first kappa shape index (κ1) is 14.1. The van der Waals surface area contributed by atoms with Crippen LogP contribution < -0.4 is 5.73 Å². The minimum atomic E-state index is 0.229. The molecule has 1 aromatic rings. The van der Waals surface area contributed by atoms with Gasteiger partial charge in [0.25, 0.3) is 0 Å². The quantitative estimate of drug-likeness (QED) is 0.900. The Balaban J connectivity index is 1.96. The normalized spacial score (nSPS) is 22.8. The van der Waals surface area contributed by atoms with E-state index in [2.05, 4.69) is 38.1 Å². The van der Waals surface area contributed by atoms with Gasteiger partial charge in [-0.25, -0.2) is 0 Å². The number of carbonyl (C=O) groups excluding carboxylic acids is 1. The number of nitrogens with zero attached hydrogens (tertiary/aromatic N) is 1. The number of hydrogen-bond acceptors (Lipinski definition) is 2. The molecule has 2 N–H and O–H groups in total. The molecule has 1 aromatic carbocycles. The van der Waals surface area contributed by atoms with Gasteiger partial charge in [-0.2, -0.15) is 0 Å². The number of hydrogen-bond donors (Lipinski definition) is 1. The van der Waals surface area contributed by atoms with Crippen molar-refractivity contribution in [2.75, 3.05) is 13.1 Å². The molecule has 0 aromatic heterocycles. The smallest absolute Gasteiger partial charge is 0.227 e. The van der Waals surface area contributed by atoms with Gasteiger partial charge in [-0.05, 0) is 43.4 Å². The maximum Gasteiger partial charge on any atom is 0.227 e. The largest absolute Gasteiger partial charge is 0.339 e. The summed E-state index contributed by atoms with van der Waals surface area (Å²) in [5.41, 5.74) is 8.12. The molecule has 1 heterocycles. The fourth-order valence-electron chi connectivity index (χ4n) is 2.83. The van der Waals surface area contributed by atoms with Gasteiger partial charge >= 0.3 is 0 Å². The zero-order chi connectivity index (χ0) is 13.8. The molecular formula is C16H24N2O. The molecule has 3 heteroatoms. The van der Waals surface area contributed by atoms with Crippen molar-refractivity contribution in [2.45, 2.75) is 39.2 Å². The molecule has 3 nitrogen and oxygen atoms in total. The minimum absolute atomic E-state index is 0.229. The van der Waals surface area contributed by atoms with Crippen LogP contribution in [0.1, 0.15) is 31.4 Å². The van der Waals surface area contributed by atoms with Gasteiger partial charge in [0, 0.05) is 12.6 Å². The van der Waals surface area contributed by atoms with Crippen LogP contribution in [-0.4, -0.2) is 29.9 Å². The molecule has 2 rings (SSSR count). The molecule has 2 unspecified atom stereocenters. The second kappa shape index (κ2) is 6.20. The van der Waals surface area contributed by atoms with Crippen molar-refractivity contribution in [3.8, 4) is 0 Å². The Bertz CT molecular complexity index is 427. The van der Waals surface area contributed by atoms with Crippen molar-refractivity contribution >= 4 is 5.91 Å². The summed E-state index contributed by atoms with van der Waals surface area (Å²) in [4.78, 5) is 14.3. The van der Waals surface area contributed by atoms with Gasteiger partial charge in [0.1, 0.15) is 0 Å². The molecular weight excluding hydrogens is 236 g/mol. The van der Waals surface area contributed by atoms with Gasteiger partial charge in [-0.3, -0.25) is 4.79 Å². The van der Waals surface area contributed by atoms with Crippen molar-refractivity contribution in [2.24, 2.45) is 11.7 Å². The van der Waals surface area contributed by atoms with E-state index in [0.29, 0.717) is 24.9 Å². The maximum atomic E-state index is 12.3. The summed E-state index contributed by atoms with van der Waals surface area (Å²) in [5, 5.41) is 0. The second-order valence-electron chi connectivity index (χ2n) is 5.58. The maximum absolute atomic E-state index is 12.3. The molecule has 1 amide bonds. The lowest BCUT2D eigenvalue weighted by atomic mass is 10.1. The highest BCUT2D eigenvalue weighted by Gasteiger charge is 2.31. The lowest BCUT2D eigenvalue weighted by molar-refractivity contribution is -0.131. The molecule has 1 aliphatic heterocycles. The Kier molecular flexibility index (Phi) is 4.59. The fourth-order valence-corrected chi connectivity index (χ4v) is 2.83. The van der Waals surface area contributed by atoms with Crippen LogP contribution in [0.4, 0.5) is 0 Å². The summed E-state index contributed by atoms with van der Waals surface area (Å²) in [5.74, 6) is 0.703. The zero-order valence-electron chi connectivity index (χ0n) is 11.9. The van der Waals surface area contributed by atoms with E-state index in [-0.39, 0.29) is 5.91 Å². The van der Waals surface area contributed by atoms with Crippen molar-refractivity contribution in [1.29, 1.82) is 0 Å². The van der Waals surface area contributed by atoms with Crippen molar-refractivity contribution in [3.63, 3.8) is 0 Å². The van der Waals surface area contributed by atoms with Crippen LogP contribution in [0.5, 0.6) is 0 Å². The average molecular weight is 260 g/mol. The van der Waals surface area contributed by atoms with Crippen molar-refractivity contribution in [1.82, 2.24) is 4.90 Å². The molecule has 1 saturated heterocycles. The van der Waals surface area contributed by atoms with Gasteiger partial charge in [-0.1, -0.05) is 31.2 Å². The Morgan fingerprint density at radius 3 is 2.47 bits per heavy atom. The highest BCUT2D eigenvalue weighted by atomic mass is 16.2. The second-order valence-corrected chi connectivity index (χ2v) is 5.58. The first-order chi connectivity index (χ1) is 9.13. The molecule has 1 aliphatic rings. The fraction of sp³-hybridized carbons (Fsp3) is 0.562. The van der Waals surface area contributed by atoms with E-state index >= 15 is 0 Å². The van der Waals surface area contributed by atoms with Gasteiger partial charge < -0.3 is 10.6 Å². The molecule has 1 fully saturated rings. The molecule has 104 valence electrons. The van der Waals surface area contributed by atoms with E-state index in [9.17, 15) is 4.79 Å². The van der Waals surface area contributed by atoms with Gasteiger partial charge in [0.05, 0.1) is 6.42 Å². The van der Waals surface area contributed by atoms with E-state index in [1.165, 1.54) is 5.56 Å². The van der Waals surface area contributed by atoms with E-state index < -0.39 is 0 Å². The van der Waals surface area contributed by atoms with E-state index in [1.807, 2.05) is 4.90 Å². The van der Waals surface area contributed by atoms with Crippen molar-refractivity contribution in [3.05, 3.63) is 35.4 Å². The Hall–Kier alpha value is -1.35. The SMILES string of the molecule is CCc1ccc(CC(=O)N2CC(CN)CC2C)cc1. The number of carbonyl (C=O) groups is 1. The third-order valence-electron chi connectivity index (χ3n) is 4.10. The van der Waals surface area contributed by atoms with E-state index in [4.69, 9.17) is 5.73 Å². The highest BCUT2D eigenvalue weighted by molar-refractivity contribution is 5.79. The lowest BCUT2D eigenvalue weighted by Gasteiger charge is -2.21. The number of aryl methyl sites for hydroxylation is 1. The molecule has 0 bridgehead atoms. The predicted molar refractivity (Wildman–Crippen MR) is 77.9 cm³/mol. The van der Waals surface area contributed by atoms with Crippen LogP contribution in [0.25, 0.3) is 0 Å². The molecule has 0 spiro atoms. The number of rotatable bonds is 4. The van der Waals surface area contributed by atoms with Gasteiger partial charge in [0.2, 0.25) is 5.91 Å². The van der Waals surface area contributed by atoms with Crippen molar-refractivity contribution < 1.29 is 4.79 Å². The standard InChI is InChI=1S/C16H24N2O/c1-3-13-4-6-14(7-5-13)9-16(19)18-11-15(10-17)8-12(18)2/h4-7,12,15H,3,8-11,17H2,1-2H3. The first-order valence-corrected chi connectivity index (χ1v) is 7.21. The lowest BCUT2D eigenvalue weighted by Crippen LogP contribution is -2.35. The van der Waals surface area contributed by atoms with Crippen LogP contribution in [0.3, 0.4) is 0 Å². The first-order valence-electron chi connectivity index (χ1n) is 7.21. The third kappa shape index (κ3) is 3.35. The third-order valence-corrected chi connectivity index (χ3v) is 4.10. The topological polar surface area (TPSA) is 46.3 Å². The summed E-state index contributed by atoms with van der Waals surface area (Å²) < 4.78 is 0. The Morgan fingerprint density at radius 2 is 1.95 bits per heavy atom. The van der Waals surface area contributed by atoms with Crippen LogP contribution in [-0.2, 0) is 17.6 Å². The Morgan fingerprint density at radius 1 is 1.32 bits per heavy atom. The van der Waals surface area contributed by atoms with Gasteiger partial charge in [0.15, 0.2) is 0 Å². The van der Waals surface area contributed by atoms with Gasteiger partial charge in [-0.15, -0.1) is 0 Å².